The molecule has 168 valence electrons. The molecule has 0 aromatic carbocycles. The molecule has 4 atom stereocenters. The Labute approximate surface area is 177 Å². The van der Waals surface area contributed by atoms with Crippen LogP contribution in [0, 0.1) is 0 Å². The second-order valence-electron chi connectivity index (χ2n) is 8.49. The zero-order chi connectivity index (χ0) is 21.9. The average molecular weight is 422 g/mol. The normalized spacial score (nSPS) is 32.6. The second-order valence-corrected chi connectivity index (χ2v) is 8.49. The molecular weight excluding hydrogens is 386 g/mol. The van der Waals surface area contributed by atoms with Gasteiger partial charge < -0.3 is 31.4 Å². The number of esters is 1. The highest BCUT2D eigenvalue weighted by molar-refractivity contribution is 5.87. The van der Waals surface area contributed by atoms with Crippen molar-refractivity contribution < 1.29 is 14.3 Å². The molecule has 0 aliphatic carbocycles. The molecule has 2 fully saturated rings. The lowest BCUT2D eigenvalue weighted by Gasteiger charge is -2.46. The minimum Gasteiger partial charge on any atom is -0.450 e. The minimum absolute atomic E-state index is 0.0573. The number of hydrogen-bond acceptors (Lipinski definition) is 10. The second kappa shape index (κ2) is 9.25. The fourth-order valence-corrected chi connectivity index (χ4v) is 4.90. The Kier molecular flexibility index (Phi) is 6.91. The fourth-order valence-electron chi connectivity index (χ4n) is 4.90. The first-order valence-electron chi connectivity index (χ1n) is 10.4. The van der Waals surface area contributed by atoms with Crippen LogP contribution in [-0.2, 0) is 14.3 Å². The molecule has 0 aromatic rings. The van der Waals surface area contributed by atoms with E-state index in [0.29, 0.717) is 17.8 Å². The third-order valence-corrected chi connectivity index (χ3v) is 6.44. The van der Waals surface area contributed by atoms with Crippen molar-refractivity contribution in [3.8, 4) is 0 Å². The number of hydrogen-bond donors (Lipinski definition) is 5. The zero-order valence-electron chi connectivity index (χ0n) is 17.8. The van der Waals surface area contributed by atoms with Gasteiger partial charge in [0.1, 0.15) is 5.60 Å². The van der Waals surface area contributed by atoms with Gasteiger partial charge >= 0.3 is 5.97 Å². The Balaban J connectivity index is 1.75. The molecule has 0 bridgehead atoms. The van der Waals surface area contributed by atoms with Gasteiger partial charge in [-0.3, -0.25) is 10.7 Å². The van der Waals surface area contributed by atoms with Crippen LogP contribution in [0.15, 0.2) is 35.4 Å². The Bertz CT molecular complexity index is 738. The molecule has 0 spiro atoms. The number of carbonyl (C=O) groups excluding carboxylic acids is 1. The maximum Gasteiger partial charge on any atom is 0.331 e. The van der Waals surface area contributed by atoms with Crippen LogP contribution in [0.5, 0.6) is 0 Å². The number of piperidine rings is 1. The van der Waals surface area contributed by atoms with Crippen LogP contribution in [0.3, 0.4) is 0 Å². The molecule has 0 amide bonds. The number of nitrogens with zero attached hydrogens (tertiary/aromatic N) is 2. The molecule has 3 heterocycles. The van der Waals surface area contributed by atoms with Crippen molar-refractivity contribution in [2.75, 3.05) is 19.8 Å². The highest BCUT2D eigenvalue weighted by Crippen LogP contribution is 2.44. The van der Waals surface area contributed by atoms with E-state index in [0.717, 1.165) is 31.4 Å². The summed E-state index contributed by atoms with van der Waals surface area (Å²) in [5.41, 5.74) is 15.5. The highest BCUT2D eigenvalue weighted by Gasteiger charge is 2.53. The van der Waals surface area contributed by atoms with Crippen LogP contribution in [0.2, 0.25) is 0 Å². The van der Waals surface area contributed by atoms with Gasteiger partial charge in [0.2, 0.25) is 0 Å². The van der Waals surface area contributed by atoms with Gasteiger partial charge in [-0.05, 0) is 45.2 Å². The summed E-state index contributed by atoms with van der Waals surface area (Å²) in [5.74, 6) is 11.4. The smallest absolute Gasteiger partial charge is 0.331 e. The van der Waals surface area contributed by atoms with Crippen molar-refractivity contribution in [1.82, 2.24) is 15.3 Å². The Morgan fingerprint density at radius 3 is 2.87 bits per heavy atom. The third kappa shape index (κ3) is 4.56. The van der Waals surface area contributed by atoms with E-state index in [-0.39, 0.29) is 37.3 Å². The molecule has 3 aliphatic heterocycles. The number of ether oxygens (including phenoxy) is 2. The number of hydrazine groups is 2. The number of rotatable bonds is 7. The number of nitrogens with one attached hydrogen (secondary N) is 1. The van der Waals surface area contributed by atoms with Gasteiger partial charge in [0, 0.05) is 24.5 Å². The lowest BCUT2D eigenvalue weighted by atomic mass is 9.82. The maximum atomic E-state index is 12.1. The van der Waals surface area contributed by atoms with Crippen molar-refractivity contribution in [2.24, 2.45) is 23.2 Å². The Morgan fingerprint density at radius 2 is 2.13 bits per heavy atom. The SMILES string of the molecule is C[C@H]1C(N(N)/C=C(\N)COC/C(N)=C/NN)CC2=CC(=O)O[C@]2(C)C2CCCCN21. The van der Waals surface area contributed by atoms with Crippen molar-refractivity contribution >= 4 is 5.97 Å². The highest BCUT2D eigenvalue weighted by atomic mass is 16.6. The van der Waals surface area contributed by atoms with Gasteiger partial charge in [-0.2, -0.15) is 0 Å². The molecule has 0 saturated carbocycles. The standard InChI is InChI=1S/C20H35N7O3/c1-13-17(27(24)10-16(22)12-29-11-15(21)9-25-23)7-14-8-19(28)30-20(14,2)18-5-3-4-6-26(13)18/h8-10,13,17-18,25H,3-7,11-12,21-24H2,1-2H3/b15-9-,16-10-/t13-,17?,18?,20-/m0/s1. The quantitative estimate of drug-likeness (QED) is 0.206. The average Bonchev–Trinajstić information content (AvgIpc) is 2.95. The van der Waals surface area contributed by atoms with Gasteiger partial charge in [-0.25, -0.2) is 10.6 Å². The monoisotopic (exact) mass is 421 g/mol. The molecule has 3 aliphatic rings. The zero-order valence-corrected chi connectivity index (χ0v) is 17.8. The first-order chi connectivity index (χ1) is 14.3. The van der Waals surface area contributed by atoms with Gasteiger partial charge in [0.25, 0.3) is 0 Å². The number of nitrogens with two attached hydrogens (primary N) is 4. The topological polar surface area (TPSA) is 158 Å². The first-order valence-corrected chi connectivity index (χ1v) is 10.4. The maximum absolute atomic E-state index is 12.1. The largest absolute Gasteiger partial charge is 0.450 e. The Morgan fingerprint density at radius 1 is 1.40 bits per heavy atom. The van der Waals surface area contributed by atoms with E-state index in [1.54, 1.807) is 17.3 Å². The third-order valence-electron chi connectivity index (χ3n) is 6.44. The van der Waals surface area contributed by atoms with E-state index in [1.165, 1.54) is 6.20 Å². The predicted octanol–water partition coefficient (Wildman–Crippen LogP) is -0.501. The van der Waals surface area contributed by atoms with Gasteiger partial charge in [-0.15, -0.1) is 0 Å². The van der Waals surface area contributed by atoms with Crippen LogP contribution < -0.4 is 28.6 Å². The van der Waals surface area contributed by atoms with Gasteiger partial charge in [0.05, 0.1) is 36.7 Å². The van der Waals surface area contributed by atoms with Crippen molar-refractivity contribution in [1.29, 1.82) is 0 Å². The van der Waals surface area contributed by atoms with E-state index in [1.807, 2.05) is 6.92 Å². The molecule has 3 rings (SSSR count). The lowest BCUT2D eigenvalue weighted by molar-refractivity contribution is -0.152. The van der Waals surface area contributed by atoms with Crippen molar-refractivity contribution in [2.45, 2.75) is 63.3 Å². The van der Waals surface area contributed by atoms with Gasteiger partial charge in [0.15, 0.2) is 0 Å². The number of carbonyl (C=O) groups is 1. The molecule has 10 nitrogen and oxygen atoms in total. The molecule has 9 N–H and O–H groups in total. The predicted molar refractivity (Wildman–Crippen MR) is 114 cm³/mol. The molecule has 30 heavy (non-hydrogen) atoms. The van der Waals surface area contributed by atoms with Crippen LogP contribution in [0.4, 0.5) is 0 Å². The molecule has 10 heteroatoms. The Hall–Kier alpha value is -2.27. The van der Waals surface area contributed by atoms with E-state index < -0.39 is 5.60 Å². The summed E-state index contributed by atoms with van der Waals surface area (Å²) < 4.78 is 11.3. The van der Waals surface area contributed by atoms with E-state index >= 15 is 0 Å². The summed E-state index contributed by atoms with van der Waals surface area (Å²) in [7, 11) is 0. The van der Waals surface area contributed by atoms with E-state index in [2.05, 4.69) is 17.2 Å². The lowest BCUT2D eigenvalue weighted by Crippen LogP contribution is -2.58. The minimum atomic E-state index is -0.597. The van der Waals surface area contributed by atoms with Crippen LogP contribution in [0.25, 0.3) is 0 Å². The molecule has 2 saturated heterocycles. The van der Waals surface area contributed by atoms with E-state index in [9.17, 15) is 4.79 Å². The summed E-state index contributed by atoms with van der Waals surface area (Å²) in [5, 5.41) is 1.64. The summed E-state index contributed by atoms with van der Waals surface area (Å²) in [4.78, 5) is 14.6. The molecule has 0 radical (unpaired) electrons. The summed E-state index contributed by atoms with van der Waals surface area (Å²) in [6.07, 6.45) is 8.68. The van der Waals surface area contributed by atoms with Crippen molar-refractivity contribution in [3.05, 3.63) is 35.4 Å². The van der Waals surface area contributed by atoms with Crippen molar-refractivity contribution in [3.63, 3.8) is 0 Å². The number of fused-ring (bicyclic) bond motifs is 3. The van der Waals surface area contributed by atoms with Crippen LogP contribution >= 0.6 is 0 Å². The summed E-state index contributed by atoms with van der Waals surface area (Å²) in [6, 6.07) is 0.271. The fraction of sp³-hybridized carbons (Fsp3) is 0.650. The first kappa shape index (κ1) is 22.4. The van der Waals surface area contributed by atoms with Crippen LogP contribution in [-0.4, -0.2) is 59.4 Å². The molecular formula is C20H35N7O3. The van der Waals surface area contributed by atoms with Crippen LogP contribution in [0.1, 0.15) is 39.5 Å². The van der Waals surface area contributed by atoms with Gasteiger partial charge in [-0.1, -0.05) is 6.42 Å². The summed E-state index contributed by atoms with van der Waals surface area (Å²) in [6.45, 7) is 5.56. The van der Waals surface area contributed by atoms with E-state index in [4.69, 9.17) is 32.6 Å². The molecule has 0 aromatic heterocycles. The molecule has 2 unspecified atom stereocenters. The summed E-state index contributed by atoms with van der Waals surface area (Å²) >= 11 is 0.